The van der Waals surface area contributed by atoms with Crippen LogP contribution in [0.15, 0.2) is 4.52 Å². The Morgan fingerprint density at radius 3 is 2.46 bits per heavy atom. The number of hydrogen-bond acceptors (Lipinski definition) is 4. The Balaban J connectivity index is 1.37. The lowest BCUT2D eigenvalue weighted by Crippen LogP contribution is -2.48. The highest BCUT2D eigenvalue weighted by Gasteiger charge is 2.39. The number of carbonyl (C=O) groups excluding carboxylic acids is 1. The third-order valence-electron chi connectivity index (χ3n) is 6.75. The van der Waals surface area contributed by atoms with Crippen molar-refractivity contribution in [3.63, 3.8) is 0 Å². The Labute approximate surface area is 157 Å². The number of rotatable bonds is 4. The van der Waals surface area contributed by atoms with Gasteiger partial charge in [0.1, 0.15) is 5.76 Å². The molecule has 0 bridgehead atoms. The van der Waals surface area contributed by atoms with Gasteiger partial charge in [-0.25, -0.2) is 0 Å². The molecule has 3 aliphatic rings. The number of hydrogen-bond donors (Lipinski definition) is 0. The van der Waals surface area contributed by atoms with Crippen molar-refractivity contribution in [2.24, 2.45) is 11.8 Å². The second-order valence-electron chi connectivity index (χ2n) is 8.64. The Kier molecular flexibility index (Phi) is 5.35. The summed E-state index contributed by atoms with van der Waals surface area (Å²) < 4.78 is 5.31. The van der Waals surface area contributed by atoms with Crippen molar-refractivity contribution >= 4 is 5.91 Å². The molecule has 2 aliphatic heterocycles. The van der Waals surface area contributed by atoms with Crippen molar-refractivity contribution in [1.82, 2.24) is 15.0 Å². The van der Waals surface area contributed by atoms with Crippen LogP contribution in [0, 0.1) is 25.7 Å². The predicted molar refractivity (Wildman–Crippen MR) is 101 cm³/mol. The summed E-state index contributed by atoms with van der Waals surface area (Å²) in [5.41, 5.74) is 2.28. The first-order chi connectivity index (χ1) is 12.6. The van der Waals surface area contributed by atoms with Gasteiger partial charge in [-0.1, -0.05) is 18.0 Å². The van der Waals surface area contributed by atoms with Crippen LogP contribution in [0.4, 0.5) is 0 Å². The van der Waals surface area contributed by atoms with Gasteiger partial charge >= 0.3 is 0 Å². The van der Waals surface area contributed by atoms with Gasteiger partial charge in [0, 0.05) is 30.6 Å². The number of carbonyl (C=O) groups is 1. The van der Waals surface area contributed by atoms with Crippen molar-refractivity contribution in [1.29, 1.82) is 0 Å². The molecule has 144 valence electrons. The molecule has 0 spiro atoms. The molecule has 0 radical (unpaired) electrons. The van der Waals surface area contributed by atoms with E-state index in [1.54, 1.807) is 0 Å². The van der Waals surface area contributed by atoms with Crippen LogP contribution >= 0.6 is 0 Å². The van der Waals surface area contributed by atoms with Crippen LogP contribution in [0.25, 0.3) is 0 Å². The minimum atomic E-state index is 0.357. The second kappa shape index (κ2) is 7.71. The second-order valence-corrected chi connectivity index (χ2v) is 8.64. The summed E-state index contributed by atoms with van der Waals surface area (Å²) in [7, 11) is 0. The zero-order valence-corrected chi connectivity index (χ0v) is 16.4. The quantitative estimate of drug-likeness (QED) is 0.823. The van der Waals surface area contributed by atoms with E-state index in [0.717, 1.165) is 50.5 Å². The Bertz CT molecular complexity index is 610. The molecule has 3 heterocycles. The van der Waals surface area contributed by atoms with E-state index in [1.165, 1.54) is 44.1 Å². The van der Waals surface area contributed by atoms with E-state index < -0.39 is 0 Å². The molecule has 0 N–H and O–H groups in total. The molecule has 1 aliphatic carbocycles. The molecule has 0 unspecified atom stereocenters. The number of piperidine rings is 1. The molecule has 0 aromatic carbocycles. The highest BCUT2D eigenvalue weighted by atomic mass is 16.5. The van der Waals surface area contributed by atoms with Gasteiger partial charge in [-0.3, -0.25) is 9.69 Å². The molecular weight excluding hydrogens is 326 g/mol. The van der Waals surface area contributed by atoms with Crippen molar-refractivity contribution in [2.45, 2.75) is 77.8 Å². The van der Waals surface area contributed by atoms with E-state index in [9.17, 15) is 4.79 Å². The highest BCUT2D eigenvalue weighted by Crippen LogP contribution is 2.36. The van der Waals surface area contributed by atoms with Gasteiger partial charge < -0.3 is 9.42 Å². The van der Waals surface area contributed by atoms with Crippen LogP contribution in [0.3, 0.4) is 0 Å². The fraction of sp³-hybridized carbons (Fsp3) is 0.810. The zero-order valence-electron chi connectivity index (χ0n) is 16.4. The van der Waals surface area contributed by atoms with Crippen molar-refractivity contribution < 1.29 is 9.32 Å². The smallest absolute Gasteiger partial charge is 0.225 e. The molecule has 1 aromatic heterocycles. The van der Waals surface area contributed by atoms with Crippen molar-refractivity contribution in [2.75, 3.05) is 19.6 Å². The Hall–Kier alpha value is -1.36. The lowest BCUT2D eigenvalue weighted by molar-refractivity contribution is -0.136. The van der Waals surface area contributed by atoms with Gasteiger partial charge in [0.05, 0.1) is 5.69 Å². The van der Waals surface area contributed by atoms with Crippen LogP contribution in [0.1, 0.15) is 68.4 Å². The van der Waals surface area contributed by atoms with Gasteiger partial charge in [-0.05, 0) is 71.4 Å². The summed E-state index contributed by atoms with van der Waals surface area (Å²) >= 11 is 0. The lowest BCUT2D eigenvalue weighted by Gasteiger charge is -2.41. The van der Waals surface area contributed by atoms with Crippen LogP contribution in [0.2, 0.25) is 0 Å². The number of likely N-dealkylation sites (tertiary alicyclic amines) is 2. The van der Waals surface area contributed by atoms with Gasteiger partial charge in [0.25, 0.3) is 0 Å². The molecule has 26 heavy (non-hydrogen) atoms. The van der Waals surface area contributed by atoms with Gasteiger partial charge in [0.2, 0.25) is 5.91 Å². The summed E-state index contributed by atoms with van der Waals surface area (Å²) in [6, 6.07) is 0.492. The average Bonchev–Trinajstić information content (AvgIpc) is 3.47. The first-order valence-corrected chi connectivity index (χ1v) is 10.6. The number of aromatic nitrogens is 1. The number of nitrogens with zero attached hydrogens (tertiary/aromatic N) is 3. The van der Waals surface area contributed by atoms with Crippen LogP contribution in [0.5, 0.6) is 0 Å². The van der Waals surface area contributed by atoms with E-state index in [4.69, 9.17) is 4.52 Å². The van der Waals surface area contributed by atoms with Gasteiger partial charge in [0.15, 0.2) is 0 Å². The molecule has 4 rings (SSSR count). The Morgan fingerprint density at radius 2 is 1.81 bits per heavy atom. The molecule has 1 aromatic rings. The fourth-order valence-electron chi connectivity index (χ4n) is 4.91. The Morgan fingerprint density at radius 1 is 1.04 bits per heavy atom. The van der Waals surface area contributed by atoms with E-state index in [0.29, 0.717) is 23.8 Å². The van der Waals surface area contributed by atoms with Gasteiger partial charge in [-0.15, -0.1) is 0 Å². The summed E-state index contributed by atoms with van der Waals surface area (Å²) in [6.07, 6.45) is 9.65. The normalized spacial score (nSPS) is 26.1. The SMILES string of the molecule is Cc1noc(C)c1CN1CCC([C@H]2CCCCCN2C(=O)C2CC2)CC1. The topological polar surface area (TPSA) is 49.6 Å². The first kappa shape index (κ1) is 18.0. The molecule has 2 saturated heterocycles. The predicted octanol–water partition coefficient (Wildman–Crippen LogP) is 3.68. The zero-order chi connectivity index (χ0) is 18.1. The van der Waals surface area contributed by atoms with E-state index >= 15 is 0 Å². The summed E-state index contributed by atoms with van der Waals surface area (Å²) in [5, 5.41) is 4.09. The monoisotopic (exact) mass is 359 g/mol. The molecular formula is C21H33N3O2. The molecule has 3 fully saturated rings. The maximum absolute atomic E-state index is 12.8. The number of amides is 1. The maximum atomic E-state index is 12.8. The van der Waals surface area contributed by atoms with Crippen LogP contribution in [-0.2, 0) is 11.3 Å². The molecule has 1 saturated carbocycles. The summed E-state index contributed by atoms with van der Waals surface area (Å²) in [5.74, 6) is 2.46. The maximum Gasteiger partial charge on any atom is 0.225 e. The third kappa shape index (κ3) is 3.83. The lowest BCUT2D eigenvalue weighted by atomic mass is 9.85. The highest BCUT2D eigenvalue weighted by molar-refractivity contribution is 5.81. The van der Waals surface area contributed by atoms with E-state index in [1.807, 2.05) is 13.8 Å². The fourth-order valence-corrected chi connectivity index (χ4v) is 4.91. The average molecular weight is 360 g/mol. The summed E-state index contributed by atoms with van der Waals surface area (Å²) in [4.78, 5) is 17.7. The number of aryl methyl sites for hydroxylation is 2. The van der Waals surface area contributed by atoms with E-state index in [-0.39, 0.29) is 0 Å². The first-order valence-electron chi connectivity index (χ1n) is 10.6. The van der Waals surface area contributed by atoms with Crippen LogP contribution in [-0.4, -0.2) is 46.5 Å². The molecule has 5 nitrogen and oxygen atoms in total. The van der Waals surface area contributed by atoms with Crippen LogP contribution < -0.4 is 0 Å². The van der Waals surface area contributed by atoms with Crippen molar-refractivity contribution in [3.8, 4) is 0 Å². The standard InChI is InChI=1S/C21H33N3O2/c1-15-19(16(2)26-22-15)14-23-12-9-17(10-13-23)20-6-4-3-5-11-24(20)21(25)18-7-8-18/h17-18,20H,3-14H2,1-2H3/t20-/m1/s1. The molecule has 1 atom stereocenters. The molecule has 1 amide bonds. The minimum Gasteiger partial charge on any atom is -0.361 e. The molecule has 5 heteroatoms. The third-order valence-corrected chi connectivity index (χ3v) is 6.75. The largest absolute Gasteiger partial charge is 0.361 e. The van der Waals surface area contributed by atoms with Crippen molar-refractivity contribution in [3.05, 3.63) is 17.0 Å². The minimum absolute atomic E-state index is 0.357. The van der Waals surface area contributed by atoms with Gasteiger partial charge in [-0.2, -0.15) is 0 Å². The van der Waals surface area contributed by atoms with E-state index in [2.05, 4.69) is 15.0 Å². The summed E-state index contributed by atoms with van der Waals surface area (Å²) in [6.45, 7) is 8.23.